The van der Waals surface area contributed by atoms with Crippen LogP contribution in [0.2, 0.25) is 5.02 Å². The van der Waals surface area contributed by atoms with Crippen molar-refractivity contribution in [2.75, 3.05) is 4.72 Å². The van der Waals surface area contributed by atoms with Gasteiger partial charge in [0.2, 0.25) is 5.88 Å². The Bertz CT molecular complexity index is 1440. The van der Waals surface area contributed by atoms with Gasteiger partial charge >= 0.3 is 0 Å². The highest BCUT2D eigenvalue weighted by Gasteiger charge is 2.16. The minimum atomic E-state index is -3.94. The summed E-state index contributed by atoms with van der Waals surface area (Å²) in [5.74, 6) is 1.23. The van der Waals surface area contributed by atoms with Crippen LogP contribution in [-0.4, -0.2) is 27.9 Å². The number of anilines is 1. The van der Waals surface area contributed by atoms with Crippen molar-refractivity contribution in [3.05, 3.63) is 82.9 Å². The van der Waals surface area contributed by atoms with E-state index < -0.39 is 15.8 Å². The quantitative estimate of drug-likeness (QED) is 0.412. The molecule has 0 bridgehead atoms. The van der Waals surface area contributed by atoms with Crippen molar-refractivity contribution >= 4 is 27.3 Å². The summed E-state index contributed by atoms with van der Waals surface area (Å²) in [4.78, 5) is 12.9. The van der Waals surface area contributed by atoms with Crippen LogP contribution in [0.5, 0.6) is 11.6 Å². The Morgan fingerprint density at radius 3 is 2.39 bits per heavy atom. The number of rotatable bonds is 6. The molecule has 2 aromatic carbocycles. The highest BCUT2D eigenvalue weighted by molar-refractivity contribution is 7.92. The Kier molecular flexibility index (Phi) is 6.05. The first-order chi connectivity index (χ1) is 15.6. The molecule has 0 fully saturated rings. The van der Waals surface area contributed by atoms with Crippen molar-refractivity contribution in [3.63, 3.8) is 0 Å². The van der Waals surface area contributed by atoms with E-state index in [1.54, 1.807) is 31.5 Å². The number of ether oxygens (including phenoxy) is 1. The Labute approximate surface area is 195 Å². The van der Waals surface area contributed by atoms with E-state index in [0.717, 1.165) is 29.6 Å². The molecule has 0 atom stereocenters. The zero-order valence-corrected chi connectivity index (χ0v) is 19.4. The number of hydrogen-bond acceptors (Lipinski definition) is 6. The van der Waals surface area contributed by atoms with Gasteiger partial charge in [0.25, 0.3) is 10.0 Å². The fourth-order valence-corrected chi connectivity index (χ4v) is 4.33. The third-order valence-electron chi connectivity index (χ3n) is 4.83. The van der Waals surface area contributed by atoms with Gasteiger partial charge in [-0.2, -0.15) is 4.98 Å². The zero-order chi connectivity index (χ0) is 23.8. The largest absolute Gasteiger partial charge is 0.439 e. The number of benzene rings is 2. The van der Waals surface area contributed by atoms with Gasteiger partial charge in [0.1, 0.15) is 29.5 Å². The van der Waals surface area contributed by atoms with Crippen LogP contribution in [0, 0.1) is 26.6 Å². The lowest BCUT2D eigenvalue weighted by molar-refractivity contribution is 0.459. The van der Waals surface area contributed by atoms with Gasteiger partial charge in [-0.25, -0.2) is 22.8 Å². The lowest BCUT2D eigenvalue weighted by Gasteiger charge is -2.11. The summed E-state index contributed by atoms with van der Waals surface area (Å²) >= 11 is 5.69. The molecule has 0 unspecified atom stereocenters. The molecule has 33 heavy (non-hydrogen) atoms. The molecule has 2 aromatic heterocycles. The van der Waals surface area contributed by atoms with Gasteiger partial charge in [-0.15, -0.1) is 0 Å². The van der Waals surface area contributed by atoms with Gasteiger partial charge in [-0.05, 0) is 63.2 Å². The van der Waals surface area contributed by atoms with Crippen molar-refractivity contribution in [3.8, 4) is 17.4 Å². The van der Waals surface area contributed by atoms with Crippen LogP contribution in [0.1, 0.15) is 17.2 Å². The van der Waals surface area contributed by atoms with Crippen LogP contribution in [-0.2, 0) is 10.0 Å². The Morgan fingerprint density at radius 1 is 1.03 bits per heavy atom. The maximum absolute atomic E-state index is 13.3. The van der Waals surface area contributed by atoms with E-state index >= 15 is 0 Å². The van der Waals surface area contributed by atoms with Crippen LogP contribution in [0.3, 0.4) is 0 Å². The van der Waals surface area contributed by atoms with E-state index in [4.69, 9.17) is 16.3 Å². The summed E-state index contributed by atoms with van der Waals surface area (Å²) in [6.45, 7) is 5.62. The Hall–Kier alpha value is -3.50. The average Bonchev–Trinajstić information content (AvgIpc) is 3.09. The van der Waals surface area contributed by atoms with Gasteiger partial charge in [-0.3, -0.25) is 9.29 Å². The van der Waals surface area contributed by atoms with Gasteiger partial charge < -0.3 is 4.74 Å². The second-order valence-electron chi connectivity index (χ2n) is 7.20. The number of nitrogens with zero attached hydrogens (tertiary/aromatic N) is 4. The normalized spacial score (nSPS) is 11.4. The van der Waals surface area contributed by atoms with Gasteiger partial charge in [0.15, 0.2) is 0 Å². The van der Waals surface area contributed by atoms with Crippen molar-refractivity contribution in [2.24, 2.45) is 0 Å². The summed E-state index contributed by atoms with van der Waals surface area (Å²) < 4.78 is 48.5. The van der Waals surface area contributed by atoms with Crippen LogP contribution in [0.25, 0.3) is 5.82 Å². The van der Waals surface area contributed by atoms with E-state index in [9.17, 15) is 12.8 Å². The molecule has 0 aliphatic rings. The lowest BCUT2D eigenvalue weighted by atomic mass is 10.3. The second-order valence-corrected chi connectivity index (χ2v) is 9.29. The Morgan fingerprint density at radius 2 is 1.76 bits per heavy atom. The number of nitrogens with one attached hydrogen (secondary N) is 1. The number of aryl methyl sites for hydroxylation is 2. The summed E-state index contributed by atoms with van der Waals surface area (Å²) in [6.07, 6.45) is 1.69. The van der Waals surface area contributed by atoms with E-state index in [2.05, 4.69) is 19.7 Å². The minimum absolute atomic E-state index is 0.150. The molecule has 8 nitrogen and oxygen atoms in total. The summed E-state index contributed by atoms with van der Waals surface area (Å²) in [5, 5.41) is -0.276. The van der Waals surface area contributed by atoms with Crippen molar-refractivity contribution in [2.45, 2.75) is 25.7 Å². The molecule has 0 amide bonds. The molecule has 0 spiro atoms. The highest BCUT2D eigenvalue weighted by Crippen LogP contribution is 2.26. The van der Waals surface area contributed by atoms with Gasteiger partial charge in [0, 0.05) is 17.4 Å². The fraction of sp³-hybridized carbons (Fsp3) is 0.136. The summed E-state index contributed by atoms with van der Waals surface area (Å²) in [5.41, 5.74) is 2.15. The number of aromatic nitrogens is 4. The molecule has 0 saturated heterocycles. The van der Waals surface area contributed by atoms with Crippen LogP contribution in [0.15, 0.2) is 59.8 Å². The molecular weight excluding hydrogens is 469 g/mol. The summed E-state index contributed by atoms with van der Waals surface area (Å²) in [6, 6.07) is 11.1. The first kappa shape index (κ1) is 22.7. The van der Waals surface area contributed by atoms with Crippen molar-refractivity contribution < 1.29 is 17.5 Å². The van der Waals surface area contributed by atoms with E-state index in [0.29, 0.717) is 29.0 Å². The first-order valence-electron chi connectivity index (χ1n) is 9.75. The molecule has 11 heteroatoms. The molecule has 0 aliphatic heterocycles. The van der Waals surface area contributed by atoms with Crippen molar-refractivity contribution in [1.29, 1.82) is 0 Å². The minimum Gasteiger partial charge on any atom is -0.439 e. The van der Waals surface area contributed by atoms with Gasteiger partial charge in [-0.1, -0.05) is 11.6 Å². The molecule has 4 aromatic rings. The molecule has 0 saturated carbocycles. The fourth-order valence-electron chi connectivity index (χ4n) is 3.00. The zero-order valence-electron chi connectivity index (χ0n) is 17.9. The van der Waals surface area contributed by atoms with Crippen LogP contribution in [0.4, 0.5) is 10.1 Å². The number of imidazole rings is 1. The maximum atomic E-state index is 13.3. The van der Waals surface area contributed by atoms with Crippen LogP contribution < -0.4 is 9.46 Å². The first-order valence-corrected chi connectivity index (χ1v) is 11.6. The number of sulfonamides is 1. The molecule has 2 heterocycles. The molecule has 4 rings (SSSR count). The molecular formula is C22H19ClFN5O3S. The topological polar surface area (TPSA) is 99.0 Å². The average molecular weight is 488 g/mol. The van der Waals surface area contributed by atoms with E-state index in [1.165, 1.54) is 12.1 Å². The monoisotopic (exact) mass is 487 g/mol. The second kappa shape index (κ2) is 8.80. The standard InChI is InChI=1S/C22H19ClFN5O3S/c1-13-14(2)29(12-25-13)21-11-22(27-15(3)26-21)32-17-6-4-16(5-7-17)28-33(30,31)18-8-9-20(24)19(23)10-18/h4-12,28H,1-3H3. The lowest BCUT2D eigenvalue weighted by Crippen LogP contribution is -2.13. The predicted molar refractivity (Wildman–Crippen MR) is 122 cm³/mol. The van der Waals surface area contributed by atoms with Crippen LogP contribution >= 0.6 is 11.6 Å². The molecule has 1 N–H and O–H groups in total. The summed E-state index contributed by atoms with van der Waals surface area (Å²) in [7, 11) is -3.94. The SMILES string of the molecule is Cc1nc(Oc2ccc(NS(=O)(=O)c3ccc(F)c(Cl)c3)cc2)cc(-n2cnc(C)c2C)n1. The highest BCUT2D eigenvalue weighted by atomic mass is 35.5. The molecule has 0 radical (unpaired) electrons. The number of halogens is 2. The maximum Gasteiger partial charge on any atom is 0.261 e. The molecule has 0 aliphatic carbocycles. The smallest absolute Gasteiger partial charge is 0.261 e. The van der Waals surface area contributed by atoms with Crippen molar-refractivity contribution in [1.82, 2.24) is 19.5 Å². The predicted octanol–water partition coefficient (Wildman–Crippen LogP) is 4.97. The third-order valence-corrected chi connectivity index (χ3v) is 6.50. The molecule has 170 valence electrons. The number of hydrogen-bond donors (Lipinski definition) is 1. The Balaban J connectivity index is 1.52. The van der Waals surface area contributed by atoms with E-state index in [1.807, 2.05) is 18.4 Å². The van der Waals surface area contributed by atoms with E-state index in [-0.39, 0.29) is 9.92 Å². The van der Waals surface area contributed by atoms with Gasteiger partial charge in [0.05, 0.1) is 15.6 Å². The third kappa shape index (κ3) is 4.96.